The minimum absolute atomic E-state index is 0.160. The minimum atomic E-state index is -1.27. The number of methoxy groups -OCH3 is 1. The highest BCUT2D eigenvalue weighted by atomic mass is 16.6. The van der Waals surface area contributed by atoms with E-state index < -0.39 is 30.3 Å². The van der Waals surface area contributed by atoms with Crippen LogP contribution in [0.3, 0.4) is 0 Å². The molecule has 0 aromatic heterocycles. The van der Waals surface area contributed by atoms with Gasteiger partial charge in [-0.2, -0.15) is 0 Å². The molecule has 1 unspecified atom stereocenters. The van der Waals surface area contributed by atoms with Crippen LogP contribution in [0.1, 0.15) is 6.92 Å². The van der Waals surface area contributed by atoms with Crippen LogP contribution in [0.2, 0.25) is 0 Å². The lowest BCUT2D eigenvalue weighted by Gasteiger charge is -2.32. The summed E-state index contributed by atoms with van der Waals surface area (Å²) < 4.78 is 10.9. The molecular weight excluding hydrogens is 266 g/mol. The summed E-state index contributed by atoms with van der Waals surface area (Å²) in [5.74, 6) is 0.600. The van der Waals surface area contributed by atoms with Crippen molar-refractivity contribution in [3.05, 3.63) is 0 Å². The maximum absolute atomic E-state index is 10.1. The molecule has 20 heavy (non-hydrogen) atoms. The van der Waals surface area contributed by atoms with E-state index in [4.69, 9.17) is 15.2 Å². The Morgan fingerprint density at radius 2 is 2.20 bits per heavy atom. The van der Waals surface area contributed by atoms with Crippen LogP contribution in [0.15, 0.2) is 15.0 Å². The molecule has 0 aliphatic carbocycles. The van der Waals surface area contributed by atoms with E-state index in [1.54, 1.807) is 6.92 Å². The summed E-state index contributed by atoms with van der Waals surface area (Å²) in [7, 11) is 1.45. The summed E-state index contributed by atoms with van der Waals surface area (Å²) in [6, 6.07) is 0. The van der Waals surface area contributed by atoms with Crippen LogP contribution in [0.4, 0.5) is 0 Å². The van der Waals surface area contributed by atoms with Crippen molar-refractivity contribution in [1.82, 2.24) is 4.90 Å². The van der Waals surface area contributed by atoms with Crippen molar-refractivity contribution in [2.24, 2.45) is 20.7 Å². The van der Waals surface area contributed by atoms with E-state index in [0.29, 0.717) is 5.84 Å². The standard InChI is InChI=1S/C11H17N5O4/c1-5-6(17)7(18)8(20-5)16-4-15-11(19-2)9(12)13-3-14-10(11)16/h4-8,17-18H,3H2,1-2H3,(H2,12,13)/t5-,6-,7-,8-,11?/m1/s1. The summed E-state index contributed by atoms with van der Waals surface area (Å²) in [4.78, 5) is 14.0. The van der Waals surface area contributed by atoms with E-state index in [2.05, 4.69) is 15.0 Å². The molecule has 3 heterocycles. The average molecular weight is 283 g/mol. The summed E-state index contributed by atoms with van der Waals surface area (Å²) in [6.45, 7) is 1.84. The van der Waals surface area contributed by atoms with Gasteiger partial charge >= 0.3 is 0 Å². The van der Waals surface area contributed by atoms with Crippen LogP contribution in [0.25, 0.3) is 0 Å². The van der Waals surface area contributed by atoms with Gasteiger partial charge in [0.2, 0.25) is 0 Å². The van der Waals surface area contributed by atoms with Crippen molar-refractivity contribution in [2.45, 2.75) is 37.2 Å². The number of ether oxygens (including phenoxy) is 2. The number of nitrogens with zero attached hydrogens (tertiary/aromatic N) is 4. The van der Waals surface area contributed by atoms with Gasteiger partial charge in [0.05, 0.1) is 12.4 Å². The second kappa shape index (κ2) is 4.48. The highest BCUT2D eigenvalue weighted by molar-refractivity contribution is 6.19. The van der Waals surface area contributed by atoms with Crippen LogP contribution in [-0.2, 0) is 9.47 Å². The van der Waals surface area contributed by atoms with Gasteiger partial charge in [0, 0.05) is 7.11 Å². The zero-order valence-corrected chi connectivity index (χ0v) is 11.2. The lowest BCUT2D eigenvalue weighted by molar-refractivity contribution is -0.0333. The Bertz CT molecular complexity index is 507. The fourth-order valence-corrected chi connectivity index (χ4v) is 2.58. The lowest BCUT2D eigenvalue weighted by atomic mass is 10.1. The maximum Gasteiger partial charge on any atom is 0.277 e. The molecule has 3 rings (SSSR count). The zero-order chi connectivity index (χ0) is 14.5. The van der Waals surface area contributed by atoms with Gasteiger partial charge in [0.1, 0.15) is 18.9 Å². The first-order valence-corrected chi connectivity index (χ1v) is 6.27. The largest absolute Gasteiger partial charge is 0.388 e. The molecule has 4 N–H and O–H groups in total. The molecule has 1 saturated heterocycles. The van der Waals surface area contributed by atoms with Gasteiger partial charge in [-0.3, -0.25) is 4.90 Å². The van der Waals surface area contributed by atoms with Gasteiger partial charge in [0.25, 0.3) is 5.72 Å². The smallest absolute Gasteiger partial charge is 0.277 e. The molecule has 0 amide bonds. The van der Waals surface area contributed by atoms with E-state index in [9.17, 15) is 10.2 Å². The van der Waals surface area contributed by atoms with Crippen molar-refractivity contribution in [2.75, 3.05) is 13.8 Å². The Morgan fingerprint density at radius 3 is 2.80 bits per heavy atom. The summed E-state index contributed by atoms with van der Waals surface area (Å²) in [6.07, 6.45) is -1.89. The normalized spacial score (nSPS) is 43.5. The first-order valence-electron chi connectivity index (χ1n) is 6.27. The van der Waals surface area contributed by atoms with E-state index in [0.717, 1.165) is 0 Å². The van der Waals surface area contributed by atoms with Gasteiger partial charge in [0.15, 0.2) is 17.9 Å². The molecule has 9 nitrogen and oxygen atoms in total. The van der Waals surface area contributed by atoms with E-state index in [1.165, 1.54) is 18.3 Å². The molecule has 0 radical (unpaired) electrons. The number of rotatable bonds is 2. The van der Waals surface area contributed by atoms with Crippen LogP contribution in [-0.4, -0.2) is 77.2 Å². The first kappa shape index (κ1) is 13.4. The second-order valence-electron chi connectivity index (χ2n) is 4.88. The van der Waals surface area contributed by atoms with Gasteiger partial charge in [-0.05, 0) is 6.92 Å². The molecule has 1 fully saturated rings. The van der Waals surface area contributed by atoms with E-state index >= 15 is 0 Å². The van der Waals surface area contributed by atoms with Crippen LogP contribution in [0.5, 0.6) is 0 Å². The Labute approximate surface area is 115 Å². The molecule has 3 aliphatic heterocycles. The summed E-state index contributed by atoms with van der Waals surface area (Å²) >= 11 is 0. The van der Waals surface area contributed by atoms with Crippen LogP contribution >= 0.6 is 0 Å². The molecule has 9 heteroatoms. The third kappa shape index (κ3) is 1.61. The number of fused-ring (bicyclic) bond motifs is 1. The SMILES string of the molecule is COC12N=CN([C@@H]3O[C@H](C)[C@@H](O)[C@H]3O)C1=NCN=C2N. The summed E-state index contributed by atoms with van der Waals surface area (Å²) in [5, 5.41) is 19.9. The number of amidine groups is 2. The zero-order valence-electron chi connectivity index (χ0n) is 11.2. The Morgan fingerprint density at radius 1 is 1.45 bits per heavy atom. The highest BCUT2D eigenvalue weighted by Gasteiger charge is 2.54. The maximum atomic E-state index is 10.1. The molecule has 0 bridgehead atoms. The molecule has 0 aromatic carbocycles. The predicted octanol–water partition coefficient (Wildman–Crippen LogP) is -2.13. The third-order valence-corrected chi connectivity index (χ3v) is 3.77. The second-order valence-corrected chi connectivity index (χ2v) is 4.88. The van der Waals surface area contributed by atoms with Gasteiger partial charge < -0.3 is 25.4 Å². The lowest BCUT2D eigenvalue weighted by Crippen LogP contribution is -2.57. The van der Waals surface area contributed by atoms with Crippen molar-refractivity contribution >= 4 is 18.0 Å². The van der Waals surface area contributed by atoms with Crippen LogP contribution in [0, 0.1) is 0 Å². The van der Waals surface area contributed by atoms with Crippen molar-refractivity contribution in [3.63, 3.8) is 0 Å². The molecular formula is C11H17N5O4. The number of aliphatic hydroxyl groups is 2. The molecule has 0 spiro atoms. The average Bonchev–Trinajstić information content (AvgIpc) is 2.94. The number of nitrogens with two attached hydrogens (primary N) is 1. The Kier molecular flexibility index (Phi) is 3.01. The summed E-state index contributed by atoms with van der Waals surface area (Å²) in [5.41, 5.74) is 4.60. The first-order chi connectivity index (χ1) is 9.51. The van der Waals surface area contributed by atoms with E-state index in [-0.39, 0.29) is 12.5 Å². The Hall–Kier alpha value is -1.55. The van der Waals surface area contributed by atoms with Crippen LogP contribution < -0.4 is 5.73 Å². The minimum Gasteiger partial charge on any atom is -0.388 e. The molecule has 3 aliphatic rings. The Balaban J connectivity index is 1.92. The number of aliphatic hydroxyl groups excluding tert-OH is 2. The topological polar surface area (TPSA) is 125 Å². The highest BCUT2D eigenvalue weighted by Crippen LogP contribution is 2.31. The van der Waals surface area contributed by atoms with E-state index in [1.807, 2.05) is 0 Å². The number of hydrogen-bond acceptors (Lipinski definition) is 9. The third-order valence-electron chi connectivity index (χ3n) is 3.77. The number of aliphatic imine (C=N–C) groups is 3. The fraction of sp³-hybridized carbons (Fsp3) is 0.727. The van der Waals surface area contributed by atoms with Gasteiger partial charge in [-0.25, -0.2) is 15.0 Å². The number of hydrogen-bond donors (Lipinski definition) is 3. The van der Waals surface area contributed by atoms with Crippen molar-refractivity contribution in [3.8, 4) is 0 Å². The predicted molar refractivity (Wildman–Crippen MR) is 70.3 cm³/mol. The van der Waals surface area contributed by atoms with Crippen molar-refractivity contribution in [1.29, 1.82) is 0 Å². The van der Waals surface area contributed by atoms with Gasteiger partial charge in [-0.1, -0.05) is 0 Å². The molecule has 5 atom stereocenters. The molecule has 110 valence electrons. The van der Waals surface area contributed by atoms with Crippen molar-refractivity contribution < 1.29 is 19.7 Å². The molecule has 0 saturated carbocycles. The monoisotopic (exact) mass is 283 g/mol. The van der Waals surface area contributed by atoms with Gasteiger partial charge in [-0.15, -0.1) is 0 Å². The fourth-order valence-electron chi connectivity index (χ4n) is 2.58. The molecule has 0 aromatic rings. The quantitative estimate of drug-likeness (QED) is 0.531.